The van der Waals surface area contributed by atoms with Gasteiger partial charge in [0, 0.05) is 25.3 Å². The minimum atomic E-state index is -4.61. The summed E-state index contributed by atoms with van der Waals surface area (Å²) in [7, 11) is -4.31. The Kier molecular flexibility index (Phi) is 5.49. The van der Waals surface area contributed by atoms with Gasteiger partial charge in [0.05, 0.1) is 5.56 Å². The molecule has 2 rings (SSSR count). The molecule has 0 aromatic carbocycles. The fraction of sp³-hybridized carbons (Fsp3) is 0.571. The van der Waals surface area contributed by atoms with Gasteiger partial charge in [0.25, 0.3) is 10.0 Å². The van der Waals surface area contributed by atoms with E-state index in [0.29, 0.717) is 38.3 Å². The van der Waals surface area contributed by atoms with Gasteiger partial charge in [-0.15, -0.1) is 0 Å². The quantitative estimate of drug-likeness (QED) is 0.881. The molecule has 1 aliphatic rings. The van der Waals surface area contributed by atoms with Gasteiger partial charge in [-0.25, -0.2) is 9.71 Å². The van der Waals surface area contributed by atoms with E-state index in [-0.39, 0.29) is 5.92 Å². The smallest absolute Gasteiger partial charge is 0.381 e. The first-order valence-electron chi connectivity index (χ1n) is 7.29. The maximum absolute atomic E-state index is 12.5. The van der Waals surface area contributed by atoms with Gasteiger partial charge in [0.2, 0.25) is 5.91 Å². The summed E-state index contributed by atoms with van der Waals surface area (Å²) in [6.07, 6.45) is -2.91. The van der Waals surface area contributed by atoms with Gasteiger partial charge in [-0.3, -0.25) is 4.79 Å². The molecular formula is C14H17F3N2O4S. The molecule has 0 saturated carbocycles. The summed E-state index contributed by atoms with van der Waals surface area (Å²) in [4.78, 5) is 15.4. The molecule has 1 fully saturated rings. The van der Waals surface area contributed by atoms with Crippen molar-refractivity contribution in [3.63, 3.8) is 0 Å². The average molecular weight is 366 g/mol. The number of rotatable bonds is 4. The number of carbonyl (C=O) groups excluding carboxylic acids is 1. The van der Waals surface area contributed by atoms with Gasteiger partial charge < -0.3 is 4.74 Å². The van der Waals surface area contributed by atoms with Crippen molar-refractivity contribution in [1.82, 2.24) is 9.71 Å². The van der Waals surface area contributed by atoms with Crippen molar-refractivity contribution < 1.29 is 31.1 Å². The van der Waals surface area contributed by atoms with Crippen molar-refractivity contribution >= 4 is 15.9 Å². The highest BCUT2D eigenvalue weighted by atomic mass is 32.2. The number of amides is 1. The Hall–Kier alpha value is -1.68. The number of nitrogens with one attached hydrogen (secondary N) is 1. The lowest BCUT2D eigenvalue weighted by Crippen LogP contribution is -2.39. The molecule has 1 unspecified atom stereocenters. The van der Waals surface area contributed by atoms with Crippen molar-refractivity contribution in [2.75, 3.05) is 13.2 Å². The lowest BCUT2D eigenvalue weighted by Gasteiger charge is -2.26. The Bertz CT molecular complexity index is 683. The summed E-state index contributed by atoms with van der Waals surface area (Å²) in [5.74, 6) is -1.27. The third kappa shape index (κ3) is 4.44. The molecular weight excluding hydrogens is 349 g/mol. The van der Waals surface area contributed by atoms with Crippen molar-refractivity contribution in [3.8, 4) is 0 Å². The zero-order chi connectivity index (χ0) is 18.0. The lowest BCUT2D eigenvalue weighted by molar-refractivity contribution is -0.138. The molecule has 24 heavy (non-hydrogen) atoms. The van der Waals surface area contributed by atoms with Crippen LogP contribution in [0, 0.1) is 11.8 Å². The highest BCUT2D eigenvalue weighted by Crippen LogP contribution is 2.29. The van der Waals surface area contributed by atoms with E-state index in [2.05, 4.69) is 4.98 Å². The second-order valence-corrected chi connectivity index (χ2v) is 7.22. The van der Waals surface area contributed by atoms with Crippen LogP contribution >= 0.6 is 0 Å². The topological polar surface area (TPSA) is 85.4 Å². The Morgan fingerprint density at radius 1 is 1.33 bits per heavy atom. The number of carbonyl (C=O) groups is 1. The molecule has 1 aromatic rings. The number of alkyl halides is 3. The van der Waals surface area contributed by atoms with Gasteiger partial charge in [0.15, 0.2) is 5.03 Å². The zero-order valence-corrected chi connectivity index (χ0v) is 13.7. The fourth-order valence-corrected chi connectivity index (χ4v) is 3.41. The minimum absolute atomic E-state index is 0.00508. The molecule has 6 nitrogen and oxygen atoms in total. The molecule has 1 amide bonds. The Morgan fingerprint density at radius 2 is 1.96 bits per heavy atom. The number of hydrogen-bond donors (Lipinski definition) is 1. The minimum Gasteiger partial charge on any atom is -0.381 e. The average Bonchev–Trinajstić information content (AvgIpc) is 2.54. The third-order valence-corrected chi connectivity index (χ3v) is 5.22. The van der Waals surface area contributed by atoms with Crippen LogP contribution in [-0.2, 0) is 25.7 Å². The normalized spacial score (nSPS) is 18.2. The molecule has 0 spiro atoms. The predicted octanol–water partition coefficient (Wildman–Crippen LogP) is 1.97. The van der Waals surface area contributed by atoms with E-state index < -0.39 is 38.6 Å². The van der Waals surface area contributed by atoms with E-state index >= 15 is 0 Å². The van der Waals surface area contributed by atoms with E-state index in [1.54, 1.807) is 6.92 Å². The molecule has 0 radical (unpaired) electrons. The highest BCUT2D eigenvalue weighted by molar-refractivity contribution is 7.90. The SMILES string of the molecule is CC(C(=O)NS(=O)(=O)c1ccc(C(F)(F)F)cn1)C1CCOCC1. The monoisotopic (exact) mass is 366 g/mol. The summed E-state index contributed by atoms with van der Waals surface area (Å²) in [6.45, 7) is 2.63. The molecule has 1 atom stereocenters. The Labute approximate surface area is 137 Å². The molecule has 1 aliphatic heterocycles. The van der Waals surface area contributed by atoms with E-state index in [9.17, 15) is 26.4 Å². The van der Waals surface area contributed by atoms with E-state index in [1.165, 1.54) is 0 Å². The predicted molar refractivity (Wildman–Crippen MR) is 77.3 cm³/mol. The van der Waals surface area contributed by atoms with Crippen molar-refractivity contribution in [1.29, 1.82) is 0 Å². The van der Waals surface area contributed by atoms with Gasteiger partial charge in [-0.05, 0) is 30.9 Å². The molecule has 1 aromatic heterocycles. The Balaban J connectivity index is 2.08. The van der Waals surface area contributed by atoms with Gasteiger partial charge in [-0.1, -0.05) is 6.92 Å². The summed E-state index contributed by atoms with van der Waals surface area (Å²) >= 11 is 0. The first-order chi connectivity index (χ1) is 11.1. The van der Waals surface area contributed by atoms with Crippen LogP contribution in [0.15, 0.2) is 23.4 Å². The second-order valence-electron chi connectivity index (χ2n) is 5.59. The first-order valence-corrected chi connectivity index (χ1v) is 8.77. The number of pyridine rings is 1. The van der Waals surface area contributed by atoms with Crippen LogP contribution in [0.1, 0.15) is 25.3 Å². The first kappa shape index (κ1) is 18.7. The maximum Gasteiger partial charge on any atom is 0.417 e. The van der Waals surface area contributed by atoms with Crippen molar-refractivity contribution in [2.45, 2.75) is 31.0 Å². The number of nitrogens with zero attached hydrogens (tertiary/aromatic N) is 1. The van der Waals surface area contributed by atoms with Gasteiger partial charge >= 0.3 is 6.18 Å². The molecule has 1 saturated heterocycles. The second kappa shape index (κ2) is 7.06. The molecule has 2 heterocycles. The molecule has 1 N–H and O–H groups in total. The van der Waals surface area contributed by atoms with Crippen LogP contribution in [0.25, 0.3) is 0 Å². The molecule has 0 bridgehead atoms. The number of aromatic nitrogens is 1. The molecule has 134 valence electrons. The maximum atomic E-state index is 12.5. The van der Waals surface area contributed by atoms with Gasteiger partial charge in [0.1, 0.15) is 0 Å². The van der Waals surface area contributed by atoms with Crippen LogP contribution in [-0.4, -0.2) is 32.5 Å². The fourth-order valence-electron chi connectivity index (χ4n) is 2.41. The molecule has 10 heteroatoms. The lowest BCUT2D eigenvalue weighted by atomic mass is 9.87. The third-order valence-electron chi connectivity index (χ3n) is 3.96. The summed E-state index contributed by atoms with van der Waals surface area (Å²) < 4.78 is 68.6. The van der Waals surface area contributed by atoms with E-state index in [0.717, 1.165) is 6.07 Å². The number of ether oxygens (including phenoxy) is 1. The summed E-state index contributed by atoms with van der Waals surface area (Å²) in [5.41, 5.74) is -1.07. The van der Waals surface area contributed by atoms with Gasteiger partial charge in [-0.2, -0.15) is 21.6 Å². The standard InChI is InChI=1S/C14H17F3N2O4S/c1-9(10-4-6-23-7-5-10)13(20)19-24(21,22)12-3-2-11(8-18-12)14(15,16)17/h2-3,8-10H,4-7H2,1H3,(H,19,20). The molecule has 0 aliphatic carbocycles. The van der Waals surface area contributed by atoms with Crippen LogP contribution in [0.5, 0.6) is 0 Å². The summed E-state index contributed by atoms with van der Waals surface area (Å²) in [5, 5.41) is -0.636. The largest absolute Gasteiger partial charge is 0.417 e. The number of halogens is 3. The highest BCUT2D eigenvalue weighted by Gasteiger charge is 2.32. The van der Waals surface area contributed by atoms with Crippen molar-refractivity contribution in [2.24, 2.45) is 11.8 Å². The van der Waals surface area contributed by atoms with Crippen LogP contribution in [0.3, 0.4) is 0 Å². The summed E-state index contributed by atoms with van der Waals surface area (Å²) in [6, 6.07) is 1.32. The zero-order valence-electron chi connectivity index (χ0n) is 12.8. The Morgan fingerprint density at radius 3 is 2.46 bits per heavy atom. The van der Waals surface area contributed by atoms with E-state index in [4.69, 9.17) is 4.74 Å². The van der Waals surface area contributed by atoms with Crippen molar-refractivity contribution in [3.05, 3.63) is 23.9 Å². The number of hydrogen-bond acceptors (Lipinski definition) is 5. The number of sulfonamides is 1. The van der Waals surface area contributed by atoms with Crippen LogP contribution < -0.4 is 4.72 Å². The van der Waals surface area contributed by atoms with E-state index in [1.807, 2.05) is 4.72 Å². The van der Waals surface area contributed by atoms with Crippen LogP contribution in [0.2, 0.25) is 0 Å². The van der Waals surface area contributed by atoms with Crippen LogP contribution in [0.4, 0.5) is 13.2 Å².